The number of amides is 2. The van der Waals surface area contributed by atoms with Crippen molar-refractivity contribution in [3.63, 3.8) is 0 Å². The number of ether oxygens (including phenoxy) is 2. The summed E-state index contributed by atoms with van der Waals surface area (Å²) in [5.41, 5.74) is 3.92. The van der Waals surface area contributed by atoms with Gasteiger partial charge < -0.3 is 24.6 Å². The zero-order valence-electron chi connectivity index (χ0n) is 26.0. The van der Waals surface area contributed by atoms with Crippen LogP contribution in [0.5, 0.6) is 5.75 Å². The second kappa shape index (κ2) is 14.4. The van der Waals surface area contributed by atoms with Crippen molar-refractivity contribution in [3.05, 3.63) is 95.6 Å². The van der Waals surface area contributed by atoms with Crippen molar-refractivity contribution >= 4 is 17.7 Å². The predicted molar refractivity (Wildman–Crippen MR) is 173 cm³/mol. The van der Waals surface area contributed by atoms with E-state index in [1.807, 2.05) is 59.5 Å². The van der Waals surface area contributed by atoms with E-state index in [-0.39, 0.29) is 35.9 Å². The molecule has 0 bridgehead atoms. The second-order valence-electron chi connectivity index (χ2n) is 11.9. The lowest BCUT2D eigenvalue weighted by atomic mass is 9.73. The molecule has 8 nitrogen and oxygen atoms in total. The van der Waals surface area contributed by atoms with Crippen molar-refractivity contribution in [2.45, 2.75) is 31.3 Å². The number of anilines is 1. The maximum Gasteiger partial charge on any atom is 0.321 e. The zero-order chi connectivity index (χ0) is 31.1. The van der Waals surface area contributed by atoms with Gasteiger partial charge in [0.15, 0.2) is 0 Å². The first-order valence-electron chi connectivity index (χ1n) is 15.2. The molecule has 5 rings (SSSR count). The molecule has 8 heteroatoms. The van der Waals surface area contributed by atoms with Gasteiger partial charge in [-0.15, -0.1) is 0 Å². The summed E-state index contributed by atoms with van der Waals surface area (Å²) in [5, 5.41) is 3.07. The van der Waals surface area contributed by atoms with E-state index in [1.54, 1.807) is 7.11 Å². The standard InChI is InChI=1S/C36H42N4O4/c1-26(41)44-25-29-20-21-39(36(42)37-31-16-18-32(43-4)19-17-31)24-34-35(33(23-38(2)3)40(34)22-29)30-14-12-28(13-15-30)11-10-27-8-6-5-7-9-27/h5-9,12-19,29,33-35H,20-25H2,1-4H3,(H,37,42). The molecule has 2 aliphatic rings. The van der Waals surface area contributed by atoms with Gasteiger partial charge in [0.2, 0.25) is 0 Å². The van der Waals surface area contributed by atoms with Gasteiger partial charge in [0, 0.05) is 73.8 Å². The molecule has 4 atom stereocenters. The van der Waals surface area contributed by atoms with Crippen molar-refractivity contribution in [2.24, 2.45) is 5.92 Å². The van der Waals surface area contributed by atoms with Gasteiger partial charge in [-0.2, -0.15) is 0 Å². The molecule has 1 N–H and O–H groups in total. The SMILES string of the molecule is COc1ccc(NC(=O)N2CCC(COC(C)=O)CN3C(CN(C)C)C(c4ccc(C#Cc5ccccc5)cc4)C3C2)cc1. The third kappa shape index (κ3) is 7.79. The molecular formula is C36H42N4O4. The van der Waals surface area contributed by atoms with Crippen LogP contribution in [-0.4, -0.2) is 92.8 Å². The van der Waals surface area contributed by atoms with E-state index in [2.05, 4.69) is 65.3 Å². The van der Waals surface area contributed by atoms with Crippen molar-refractivity contribution in [1.82, 2.24) is 14.7 Å². The Morgan fingerprint density at radius 3 is 2.25 bits per heavy atom. The van der Waals surface area contributed by atoms with Crippen LogP contribution in [0.1, 0.15) is 36.0 Å². The monoisotopic (exact) mass is 594 g/mol. The number of methoxy groups -OCH3 is 1. The van der Waals surface area contributed by atoms with Gasteiger partial charge in [-0.1, -0.05) is 42.2 Å². The highest BCUT2D eigenvalue weighted by atomic mass is 16.5. The molecule has 2 heterocycles. The van der Waals surface area contributed by atoms with Crippen molar-refractivity contribution < 1.29 is 19.1 Å². The number of hydrogen-bond acceptors (Lipinski definition) is 6. The number of carbonyl (C=O) groups is 2. The van der Waals surface area contributed by atoms with Gasteiger partial charge in [0.25, 0.3) is 0 Å². The molecule has 44 heavy (non-hydrogen) atoms. The highest BCUT2D eigenvalue weighted by Gasteiger charge is 2.51. The maximum atomic E-state index is 13.6. The number of nitrogens with zero attached hydrogens (tertiary/aromatic N) is 3. The third-order valence-corrected chi connectivity index (χ3v) is 8.49. The summed E-state index contributed by atoms with van der Waals surface area (Å²) in [4.78, 5) is 32.0. The number of likely N-dealkylation sites (N-methyl/N-ethyl adjacent to an activating group) is 1. The average Bonchev–Trinajstić information content (AvgIpc) is 3.01. The fraction of sp³-hybridized carbons (Fsp3) is 0.389. The summed E-state index contributed by atoms with van der Waals surface area (Å²) in [7, 11) is 5.82. The molecule has 4 unspecified atom stereocenters. The molecule has 3 aromatic carbocycles. The van der Waals surface area contributed by atoms with E-state index in [1.165, 1.54) is 12.5 Å². The Balaban J connectivity index is 1.39. The Kier molecular flexibility index (Phi) is 10.2. The van der Waals surface area contributed by atoms with Crippen LogP contribution in [0.25, 0.3) is 0 Å². The summed E-state index contributed by atoms with van der Waals surface area (Å²) in [5.74, 6) is 7.34. The Hall–Kier alpha value is -4.32. The molecule has 230 valence electrons. The Morgan fingerprint density at radius 2 is 1.61 bits per heavy atom. The summed E-state index contributed by atoms with van der Waals surface area (Å²) in [6, 6.07) is 26.2. The summed E-state index contributed by atoms with van der Waals surface area (Å²) in [6.07, 6.45) is 0.751. The number of fused-ring (bicyclic) bond motifs is 1. The Morgan fingerprint density at radius 1 is 0.932 bits per heavy atom. The van der Waals surface area contributed by atoms with Crippen LogP contribution >= 0.6 is 0 Å². The first kappa shape index (κ1) is 31.1. The molecule has 0 aromatic heterocycles. The highest BCUT2D eigenvalue weighted by Crippen LogP contribution is 2.43. The largest absolute Gasteiger partial charge is 0.497 e. The highest BCUT2D eigenvalue weighted by molar-refractivity contribution is 5.89. The van der Waals surface area contributed by atoms with E-state index >= 15 is 0 Å². The van der Waals surface area contributed by atoms with Crippen LogP contribution in [0, 0.1) is 17.8 Å². The minimum absolute atomic E-state index is 0.124. The molecule has 0 radical (unpaired) electrons. The number of nitrogens with one attached hydrogen (secondary N) is 1. The number of esters is 1. The minimum Gasteiger partial charge on any atom is -0.497 e. The minimum atomic E-state index is -0.278. The zero-order valence-corrected chi connectivity index (χ0v) is 26.0. The van der Waals surface area contributed by atoms with Gasteiger partial charge in [-0.25, -0.2) is 4.79 Å². The molecule has 0 saturated carbocycles. The molecule has 0 spiro atoms. The quantitative estimate of drug-likeness (QED) is 0.310. The van der Waals surface area contributed by atoms with Gasteiger partial charge in [-0.05, 0) is 74.6 Å². The van der Waals surface area contributed by atoms with Crippen LogP contribution in [0.2, 0.25) is 0 Å². The smallest absolute Gasteiger partial charge is 0.321 e. The third-order valence-electron chi connectivity index (χ3n) is 8.49. The molecule has 0 aliphatic carbocycles. The van der Waals surface area contributed by atoms with Crippen molar-refractivity contribution in [1.29, 1.82) is 0 Å². The predicted octanol–water partition coefficient (Wildman–Crippen LogP) is 4.91. The van der Waals surface area contributed by atoms with E-state index in [0.717, 1.165) is 36.4 Å². The van der Waals surface area contributed by atoms with Crippen LogP contribution in [0.15, 0.2) is 78.9 Å². The summed E-state index contributed by atoms with van der Waals surface area (Å²) in [6.45, 7) is 4.68. The van der Waals surface area contributed by atoms with E-state index < -0.39 is 0 Å². The first-order valence-corrected chi connectivity index (χ1v) is 15.2. The second-order valence-corrected chi connectivity index (χ2v) is 11.9. The van der Waals surface area contributed by atoms with Gasteiger partial charge >= 0.3 is 12.0 Å². The number of hydrogen-bond donors (Lipinski definition) is 1. The summed E-state index contributed by atoms with van der Waals surface area (Å²) >= 11 is 0. The molecule has 2 aliphatic heterocycles. The first-order chi connectivity index (χ1) is 21.3. The van der Waals surface area contributed by atoms with Crippen LogP contribution < -0.4 is 10.1 Å². The molecule has 2 amide bonds. The lowest BCUT2D eigenvalue weighted by molar-refractivity contribution is -0.143. The van der Waals surface area contributed by atoms with Gasteiger partial charge in [-0.3, -0.25) is 9.69 Å². The Bertz CT molecular complexity index is 1460. The van der Waals surface area contributed by atoms with Crippen molar-refractivity contribution in [2.75, 3.05) is 59.3 Å². The lowest BCUT2D eigenvalue weighted by Crippen LogP contribution is -2.70. The number of carbonyl (C=O) groups excluding carboxylic acids is 2. The number of benzene rings is 3. The average molecular weight is 595 g/mol. The molecule has 2 saturated heterocycles. The van der Waals surface area contributed by atoms with Gasteiger partial charge in [0.1, 0.15) is 5.75 Å². The van der Waals surface area contributed by atoms with E-state index in [0.29, 0.717) is 25.4 Å². The Labute approximate surface area is 260 Å². The van der Waals surface area contributed by atoms with Gasteiger partial charge in [0.05, 0.1) is 13.7 Å². The normalized spacial score (nSPS) is 21.5. The summed E-state index contributed by atoms with van der Waals surface area (Å²) < 4.78 is 10.7. The number of rotatable bonds is 7. The molecule has 3 aromatic rings. The van der Waals surface area contributed by atoms with Crippen LogP contribution in [0.4, 0.5) is 10.5 Å². The maximum absolute atomic E-state index is 13.6. The fourth-order valence-corrected chi connectivity index (χ4v) is 6.27. The van der Waals surface area contributed by atoms with Crippen LogP contribution in [0.3, 0.4) is 0 Å². The van der Waals surface area contributed by atoms with Crippen LogP contribution in [-0.2, 0) is 9.53 Å². The topological polar surface area (TPSA) is 74.3 Å². The van der Waals surface area contributed by atoms with E-state index in [9.17, 15) is 9.59 Å². The molecular weight excluding hydrogens is 552 g/mol. The van der Waals surface area contributed by atoms with Crippen molar-refractivity contribution in [3.8, 4) is 17.6 Å². The lowest BCUT2D eigenvalue weighted by Gasteiger charge is -2.59. The van der Waals surface area contributed by atoms with E-state index in [4.69, 9.17) is 9.47 Å². The fourth-order valence-electron chi connectivity index (χ4n) is 6.27. The molecule has 2 fully saturated rings. The number of urea groups is 1.